The molecule has 94 valence electrons. The van der Waals surface area contributed by atoms with Crippen molar-refractivity contribution in [1.82, 2.24) is 9.97 Å². The average molecular weight is 234 g/mol. The second-order valence-electron chi connectivity index (χ2n) is 4.57. The summed E-state index contributed by atoms with van der Waals surface area (Å²) in [5.74, 6) is 3.62. The Kier molecular flexibility index (Phi) is 3.82. The van der Waals surface area contributed by atoms with Crippen LogP contribution in [0.3, 0.4) is 0 Å². The van der Waals surface area contributed by atoms with Crippen molar-refractivity contribution in [2.45, 2.75) is 39.0 Å². The molecule has 0 spiro atoms. The molecule has 2 rings (SSSR count). The van der Waals surface area contributed by atoms with Gasteiger partial charge in [0.2, 0.25) is 0 Å². The molecule has 1 fully saturated rings. The van der Waals surface area contributed by atoms with Crippen molar-refractivity contribution in [3.8, 4) is 0 Å². The lowest BCUT2D eigenvalue weighted by Gasteiger charge is -2.22. The maximum Gasteiger partial charge on any atom is 0.136 e. The highest BCUT2D eigenvalue weighted by Crippen LogP contribution is 2.39. The molecule has 1 saturated carbocycles. The summed E-state index contributed by atoms with van der Waals surface area (Å²) < 4.78 is 0. The van der Waals surface area contributed by atoms with Gasteiger partial charge in [-0.15, -0.1) is 0 Å². The van der Waals surface area contributed by atoms with Crippen LogP contribution >= 0.6 is 0 Å². The molecule has 0 aliphatic heterocycles. The van der Waals surface area contributed by atoms with Gasteiger partial charge in [0.15, 0.2) is 0 Å². The predicted octanol–water partition coefficient (Wildman–Crippen LogP) is 2.63. The molecule has 0 unspecified atom stereocenters. The number of rotatable bonds is 6. The molecule has 0 aromatic carbocycles. The molecule has 1 heterocycles. The van der Waals surface area contributed by atoms with E-state index in [1.165, 1.54) is 12.8 Å². The van der Waals surface area contributed by atoms with E-state index in [9.17, 15) is 0 Å². The largest absolute Gasteiger partial charge is 0.373 e. The SMILES string of the molecule is CCCN(CC)c1cc(NC)nc(C2CC2)n1. The predicted molar refractivity (Wildman–Crippen MR) is 71.7 cm³/mol. The summed E-state index contributed by atoms with van der Waals surface area (Å²) in [4.78, 5) is 11.6. The zero-order chi connectivity index (χ0) is 12.3. The van der Waals surface area contributed by atoms with Crippen LogP contribution in [0.5, 0.6) is 0 Å². The smallest absolute Gasteiger partial charge is 0.136 e. The Hall–Kier alpha value is -1.32. The van der Waals surface area contributed by atoms with Crippen molar-refractivity contribution in [3.63, 3.8) is 0 Å². The molecule has 0 amide bonds. The third-order valence-electron chi connectivity index (χ3n) is 3.13. The van der Waals surface area contributed by atoms with E-state index in [1.807, 2.05) is 13.1 Å². The quantitative estimate of drug-likeness (QED) is 0.821. The molecule has 1 aliphatic carbocycles. The van der Waals surface area contributed by atoms with E-state index in [2.05, 4.69) is 29.0 Å². The van der Waals surface area contributed by atoms with Gasteiger partial charge in [0.05, 0.1) is 0 Å². The second kappa shape index (κ2) is 5.34. The molecular weight excluding hydrogens is 212 g/mol. The van der Waals surface area contributed by atoms with E-state index in [1.54, 1.807) is 0 Å². The van der Waals surface area contributed by atoms with E-state index in [4.69, 9.17) is 4.98 Å². The van der Waals surface area contributed by atoms with Crippen LogP contribution in [-0.2, 0) is 0 Å². The Morgan fingerprint density at radius 2 is 2.12 bits per heavy atom. The van der Waals surface area contributed by atoms with E-state index in [0.29, 0.717) is 5.92 Å². The van der Waals surface area contributed by atoms with E-state index in [-0.39, 0.29) is 0 Å². The second-order valence-corrected chi connectivity index (χ2v) is 4.57. The van der Waals surface area contributed by atoms with Gasteiger partial charge < -0.3 is 10.2 Å². The summed E-state index contributed by atoms with van der Waals surface area (Å²) in [6.07, 6.45) is 3.63. The molecule has 0 saturated heterocycles. The summed E-state index contributed by atoms with van der Waals surface area (Å²) in [6, 6.07) is 2.05. The molecule has 1 N–H and O–H groups in total. The topological polar surface area (TPSA) is 41.0 Å². The fraction of sp³-hybridized carbons (Fsp3) is 0.692. The van der Waals surface area contributed by atoms with Crippen molar-refractivity contribution in [2.75, 3.05) is 30.4 Å². The molecule has 1 aliphatic rings. The van der Waals surface area contributed by atoms with E-state index >= 15 is 0 Å². The Bertz CT molecular complexity index is 374. The number of hydrogen-bond donors (Lipinski definition) is 1. The molecule has 0 radical (unpaired) electrons. The fourth-order valence-electron chi connectivity index (χ4n) is 1.97. The zero-order valence-corrected chi connectivity index (χ0v) is 11.0. The fourth-order valence-corrected chi connectivity index (χ4v) is 1.97. The van der Waals surface area contributed by atoms with Gasteiger partial charge in [0.25, 0.3) is 0 Å². The first-order chi connectivity index (χ1) is 8.28. The number of nitrogens with zero attached hydrogens (tertiary/aromatic N) is 3. The van der Waals surface area contributed by atoms with Crippen LogP contribution in [-0.4, -0.2) is 30.1 Å². The highest BCUT2D eigenvalue weighted by Gasteiger charge is 2.27. The highest BCUT2D eigenvalue weighted by atomic mass is 15.2. The molecule has 1 aromatic rings. The molecule has 4 nitrogen and oxygen atoms in total. The maximum atomic E-state index is 4.71. The van der Waals surface area contributed by atoms with Gasteiger partial charge in [0, 0.05) is 32.1 Å². The van der Waals surface area contributed by atoms with Crippen molar-refractivity contribution in [1.29, 1.82) is 0 Å². The molecule has 17 heavy (non-hydrogen) atoms. The van der Waals surface area contributed by atoms with Gasteiger partial charge in [-0.2, -0.15) is 0 Å². The van der Waals surface area contributed by atoms with Crippen LogP contribution in [0.15, 0.2) is 6.07 Å². The Labute approximate surface area is 103 Å². The lowest BCUT2D eigenvalue weighted by molar-refractivity contribution is 0.767. The standard InChI is InChI=1S/C13H22N4/c1-4-8-17(5-2)12-9-11(14-3)15-13(16-12)10-6-7-10/h9-10H,4-8H2,1-3H3,(H,14,15,16). The minimum Gasteiger partial charge on any atom is -0.373 e. The number of nitrogens with one attached hydrogen (secondary N) is 1. The maximum absolute atomic E-state index is 4.71. The van der Waals surface area contributed by atoms with E-state index in [0.717, 1.165) is 37.0 Å². The first-order valence-electron chi connectivity index (χ1n) is 6.60. The molecular formula is C13H22N4. The summed E-state index contributed by atoms with van der Waals surface area (Å²) >= 11 is 0. The minimum absolute atomic E-state index is 0.599. The molecule has 4 heteroatoms. The van der Waals surface area contributed by atoms with Crippen LogP contribution in [0.2, 0.25) is 0 Å². The number of anilines is 2. The monoisotopic (exact) mass is 234 g/mol. The van der Waals surface area contributed by atoms with Gasteiger partial charge in [-0.3, -0.25) is 0 Å². The molecule has 0 bridgehead atoms. The van der Waals surface area contributed by atoms with Crippen LogP contribution in [0.4, 0.5) is 11.6 Å². The van der Waals surface area contributed by atoms with Gasteiger partial charge in [-0.05, 0) is 26.2 Å². The third kappa shape index (κ3) is 2.87. The highest BCUT2D eigenvalue weighted by molar-refractivity contribution is 5.49. The number of aromatic nitrogens is 2. The lowest BCUT2D eigenvalue weighted by Crippen LogP contribution is -2.25. The van der Waals surface area contributed by atoms with Gasteiger partial charge in [0.1, 0.15) is 17.5 Å². The zero-order valence-electron chi connectivity index (χ0n) is 11.0. The molecule has 0 atom stereocenters. The van der Waals surface area contributed by atoms with Crippen molar-refractivity contribution in [3.05, 3.63) is 11.9 Å². The van der Waals surface area contributed by atoms with Gasteiger partial charge in [-0.25, -0.2) is 9.97 Å². The Balaban J connectivity index is 2.27. The Morgan fingerprint density at radius 3 is 2.65 bits per heavy atom. The number of hydrogen-bond acceptors (Lipinski definition) is 4. The van der Waals surface area contributed by atoms with Crippen LogP contribution in [0.1, 0.15) is 44.9 Å². The van der Waals surface area contributed by atoms with Crippen LogP contribution in [0.25, 0.3) is 0 Å². The summed E-state index contributed by atoms with van der Waals surface area (Å²) in [5.41, 5.74) is 0. The van der Waals surface area contributed by atoms with E-state index < -0.39 is 0 Å². The van der Waals surface area contributed by atoms with Crippen LogP contribution in [0, 0.1) is 0 Å². The summed E-state index contributed by atoms with van der Waals surface area (Å²) in [5, 5.41) is 3.13. The summed E-state index contributed by atoms with van der Waals surface area (Å²) in [6.45, 7) is 6.43. The van der Waals surface area contributed by atoms with Crippen molar-refractivity contribution in [2.24, 2.45) is 0 Å². The van der Waals surface area contributed by atoms with Crippen LogP contribution < -0.4 is 10.2 Å². The third-order valence-corrected chi connectivity index (χ3v) is 3.13. The first kappa shape index (κ1) is 12.1. The van der Waals surface area contributed by atoms with Gasteiger partial charge >= 0.3 is 0 Å². The molecule has 1 aromatic heterocycles. The average Bonchev–Trinajstić information content (AvgIpc) is 3.19. The normalized spacial score (nSPS) is 14.8. The lowest BCUT2D eigenvalue weighted by atomic mass is 10.3. The Morgan fingerprint density at radius 1 is 1.35 bits per heavy atom. The first-order valence-corrected chi connectivity index (χ1v) is 6.60. The minimum atomic E-state index is 0.599. The summed E-state index contributed by atoms with van der Waals surface area (Å²) in [7, 11) is 1.92. The van der Waals surface area contributed by atoms with Crippen molar-refractivity contribution >= 4 is 11.6 Å². The van der Waals surface area contributed by atoms with Crippen molar-refractivity contribution < 1.29 is 0 Å². The van der Waals surface area contributed by atoms with Gasteiger partial charge in [-0.1, -0.05) is 6.92 Å².